The Bertz CT molecular complexity index is 363. The van der Waals surface area contributed by atoms with E-state index in [1.807, 2.05) is 18.7 Å². The van der Waals surface area contributed by atoms with E-state index >= 15 is 0 Å². The van der Waals surface area contributed by atoms with Gasteiger partial charge in [0.1, 0.15) is 5.82 Å². The number of alkyl halides is 4. The maximum atomic E-state index is 12.4. The molecule has 1 aromatic heterocycles. The highest BCUT2D eigenvalue weighted by molar-refractivity contribution is 9.09. The molecule has 0 atom stereocenters. The van der Waals surface area contributed by atoms with Crippen molar-refractivity contribution < 1.29 is 13.2 Å². The van der Waals surface area contributed by atoms with E-state index in [9.17, 15) is 13.2 Å². The fourth-order valence-corrected chi connectivity index (χ4v) is 1.84. The maximum Gasteiger partial charge on any atom is 0.417 e. The molecule has 0 bridgehead atoms. The third-order valence-corrected chi connectivity index (χ3v) is 3.09. The highest BCUT2D eigenvalue weighted by atomic mass is 79.9. The summed E-state index contributed by atoms with van der Waals surface area (Å²) in [6, 6.07) is 2.70. The summed E-state index contributed by atoms with van der Waals surface area (Å²) in [6.07, 6.45) is -2.52. The number of hydrogen-bond donors (Lipinski definition) is 0. The molecule has 0 saturated carbocycles. The molecule has 1 aromatic rings. The van der Waals surface area contributed by atoms with E-state index in [0.29, 0.717) is 5.82 Å². The third-order valence-electron chi connectivity index (χ3n) is 2.53. The van der Waals surface area contributed by atoms with Gasteiger partial charge in [0, 0.05) is 24.1 Å². The van der Waals surface area contributed by atoms with E-state index in [-0.39, 0.29) is 6.04 Å². The highest BCUT2D eigenvalue weighted by Crippen LogP contribution is 2.29. The zero-order valence-electron chi connectivity index (χ0n) is 10.3. The van der Waals surface area contributed by atoms with E-state index < -0.39 is 11.7 Å². The lowest BCUT2D eigenvalue weighted by atomic mass is 10.2. The van der Waals surface area contributed by atoms with Crippen molar-refractivity contribution in [3.05, 3.63) is 23.9 Å². The van der Waals surface area contributed by atoms with Gasteiger partial charge in [0.25, 0.3) is 0 Å². The van der Waals surface area contributed by atoms with Gasteiger partial charge in [-0.3, -0.25) is 0 Å². The molecular formula is C12H16BrF3N2. The Balaban J connectivity index is 2.87. The van der Waals surface area contributed by atoms with Crippen molar-refractivity contribution in [2.24, 2.45) is 0 Å². The largest absolute Gasteiger partial charge is 0.417 e. The van der Waals surface area contributed by atoms with Gasteiger partial charge in [0.2, 0.25) is 0 Å². The molecule has 0 aliphatic heterocycles. The molecule has 0 aliphatic rings. The van der Waals surface area contributed by atoms with Crippen LogP contribution in [0.3, 0.4) is 0 Å². The molecule has 1 rings (SSSR count). The minimum Gasteiger partial charge on any atom is -0.354 e. The first-order valence-electron chi connectivity index (χ1n) is 5.72. The molecule has 0 unspecified atom stereocenters. The van der Waals surface area contributed by atoms with Crippen LogP contribution in [0.1, 0.15) is 25.8 Å². The van der Waals surface area contributed by atoms with Crippen molar-refractivity contribution in [2.75, 3.05) is 16.8 Å². The second kappa shape index (κ2) is 6.41. The fraction of sp³-hybridized carbons (Fsp3) is 0.583. The summed E-state index contributed by atoms with van der Waals surface area (Å²) < 4.78 is 37.3. The van der Waals surface area contributed by atoms with Crippen LogP contribution in [0.4, 0.5) is 19.0 Å². The van der Waals surface area contributed by atoms with Gasteiger partial charge in [0.05, 0.1) is 5.56 Å². The minimum atomic E-state index is -4.33. The van der Waals surface area contributed by atoms with Crippen molar-refractivity contribution in [3.63, 3.8) is 0 Å². The highest BCUT2D eigenvalue weighted by Gasteiger charge is 2.30. The molecule has 102 valence electrons. The Morgan fingerprint density at radius 3 is 2.39 bits per heavy atom. The van der Waals surface area contributed by atoms with Gasteiger partial charge in [-0.15, -0.1) is 0 Å². The van der Waals surface area contributed by atoms with E-state index in [1.54, 1.807) is 0 Å². The van der Waals surface area contributed by atoms with Crippen molar-refractivity contribution in [2.45, 2.75) is 32.5 Å². The Morgan fingerprint density at radius 1 is 1.33 bits per heavy atom. The Kier molecular flexibility index (Phi) is 5.44. The first kappa shape index (κ1) is 15.3. The molecule has 0 aliphatic carbocycles. The Morgan fingerprint density at radius 2 is 2.00 bits per heavy atom. The Hall–Kier alpha value is -0.780. The maximum absolute atomic E-state index is 12.4. The number of rotatable bonds is 5. The molecule has 0 amide bonds. The van der Waals surface area contributed by atoms with Crippen LogP contribution < -0.4 is 4.90 Å². The van der Waals surface area contributed by atoms with E-state index in [0.717, 1.165) is 30.6 Å². The zero-order chi connectivity index (χ0) is 13.8. The van der Waals surface area contributed by atoms with Crippen LogP contribution in [0.25, 0.3) is 0 Å². The lowest BCUT2D eigenvalue weighted by Gasteiger charge is -2.27. The van der Waals surface area contributed by atoms with Crippen LogP contribution in [-0.2, 0) is 6.18 Å². The van der Waals surface area contributed by atoms with Crippen LogP contribution in [0, 0.1) is 0 Å². The predicted molar refractivity (Wildman–Crippen MR) is 70.1 cm³/mol. The van der Waals surface area contributed by atoms with Crippen LogP contribution in [0.2, 0.25) is 0 Å². The number of halogens is 4. The van der Waals surface area contributed by atoms with Crippen molar-refractivity contribution in [1.29, 1.82) is 0 Å². The number of nitrogens with zero attached hydrogens (tertiary/aromatic N) is 2. The van der Waals surface area contributed by atoms with Crippen molar-refractivity contribution in [3.8, 4) is 0 Å². The third kappa shape index (κ3) is 4.15. The minimum absolute atomic E-state index is 0.202. The average molecular weight is 325 g/mol. The van der Waals surface area contributed by atoms with Crippen molar-refractivity contribution in [1.82, 2.24) is 4.98 Å². The summed E-state index contributed by atoms with van der Waals surface area (Å²) >= 11 is 3.34. The summed E-state index contributed by atoms with van der Waals surface area (Å²) in [7, 11) is 0. The van der Waals surface area contributed by atoms with Crippen LogP contribution in [0.15, 0.2) is 18.3 Å². The standard InChI is InChI=1S/C12H16BrF3N2/c1-9(2)18(7-3-6-13)11-5-4-10(8-17-11)12(14,15)16/h4-5,8-9H,3,6-7H2,1-2H3. The van der Waals surface area contributed by atoms with Crippen LogP contribution >= 0.6 is 15.9 Å². The smallest absolute Gasteiger partial charge is 0.354 e. The van der Waals surface area contributed by atoms with E-state index in [2.05, 4.69) is 20.9 Å². The van der Waals surface area contributed by atoms with Gasteiger partial charge in [-0.1, -0.05) is 15.9 Å². The number of pyridine rings is 1. The number of hydrogen-bond acceptors (Lipinski definition) is 2. The summed E-state index contributed by atoms with van der Waals surface area (Å²) in [5.74, 6) is 0.582. The van der Waals surface area contributed by atoms with Gasteiger partial charge in [-0.25, -0.2) is 4.98 Å². The molecule has 6 heteroatoms. The second-order valence-electron chi connectivity index (χ2n) is 4.23. The number of aromatic nitrogens is 1. The molecular weight excluding hydrogens is 309 g/mol. The summed E-state index contributed by atoms with van der Waals surface area (Å²) in [4.78, 5) is 5.90. The van der Waals surface area contributed by atoms with Gasteiger partial charge in [0.15, 0.2) is 0 Å². The summed E-state index contributed by atoms with van der Waals surface area (Å²) in [6.45, 7) is 4.75. The molecule has 0 saturated heterocycles. The molecule has 0 radical (unpaired) electrons. The lowest BCUT2D eigenvalue weighted by Crippen LogP contribution is -2.32. The van der Waals surface area contributed by atoms with Gasteiger partial charge in [-0.2, -0.15) is 13.2 Å². The monoisotopic (exact) mass is 324 g/mol. The Labute approximate surface area is 113 Å². The van der Waals surface area contributed by atoms with Crippen molar-refractivity contribution >= 4 is 21.7 Å². The molecule has 18 heavy (non-hydrogen) atoms. The molecule has 1 heterocycles. The number of anilines is 1. The predicted octanol–water partition coefficient (Wildman–Crippen LogP) is 4.10. The van der Waals surface area contributed by atoms with Gasteiger partial charge < -0.3 is 4.90 Å². The average Bonchev–Trinajstić information content (AvgIpc) is 2.28. The van der Waals surface area contributed by atoms with E-state index in [4.69, 9.17) is 0 Å². The molecule has 0 aromatic carbocycles. The lowest BCUT2D eigenvalue weighted by molar-refractivity contribution is -0.137. The summed E-state index contributed by atoms with van der Waals surface area (Å²) in [5.41, 5.74) is -0.713. The van der Waals surface area contributed by atoms with Crippen LogP contribution in [0.5, 0.6) is 0 Å². The van der Waals surface area contributed by atoms with E-state index in [1.165, 1.54) is 6.07 Å². The molecule has 2 nitrogen and oxygen atoms in total. The first-order chi connectivity index (χ1) is 8.36. The van der Waals surface area contributed by atoms with Gasteiger partial charge in [-0.05, 0) is 32.4 Å². The molecule has 0 N–H and O–H groups in total. The first-order valence-corrected chi connectivity index (χ1v) is 6.84. The molecule has 0 spiro atoms. The summed E-state index contributed by atoms with van der Waals surface area (Å²) in [5, 5.41) is 0.858. The normalized spacial score (nSPS) is 11.9. The quantitative estimate of drug-likeness (QED) is 0.758. The SMILES string of the molecule is CC(C)N(CCCBr)c1ccc(C(F)(F)F)cn1. The topological polar surface area (TPSA) is 16.1 Å². The fourth-order valence-electron chi connectivity index (χ4n) is 1.59. The molecule has 0 fully saturated rings. The zero-order valence-corrected chi connectivity index (χ0v) is 11.9. The second-order valence-corrected chi connectivity index (χ2v) is 5.03. The van der Waals surface area contributed by atoms with Crippen LogP contribution in [-0.4, -0.2) is 22.9 Å². The van der Waals surface area contributed by atoms with Gasteiger partial charge >= 0.3 is 6.18 Å².